The van der Waals surface area contributed by atoms with E-state index in [0.717, 1.165) is 18.1 Å². The molecule has 0 aromatic heterocycles. The van der Waals surface area contributed by atoms with Crippen molar-refractivity contribution in [1.82, 2.24) is 14.7 Å². The van der Waals surface area contributed by atoms with Gasteiger partial charge in [0, 0.05) is 44.3 Å². The zero-order valence-corrected chi connectivity index (χ0v) is 12.7. The van der Waals surface area contributed by atoms with Gasteiger partial charge in [0.25, 0.3) is 0 Å². The van der Waals surface area contributed by atoms with Crippen LogP contribution in [-0.2, 0) is 0 Å². The molecular weight excluding hydrogens is 222 g/mol. The Balaban J connectivity index is 1.75. The van der Waals surface area contributed by atoms with Crippen LogP contribution in [0.4, 0.5) is 0 Å². The third-order valence-electron chi connectivity index (χ3n) is 4.82. The summed E-state index contributed by atoms with van der Waals surface area (Å²) in [6, 6.07) is 2.30. The maximum Gasteiger partial charge on any atom is 0.0121 e. The van der Waals surface area contributed by atoms with Crippen LogP contribution in [0.25, 0.3) is 0 Å². The van der Waals surface area contributed by atoms with E-state index in [1.165, 1.54) is 52.1 Å². The average Bonchev–Trinajstić information content (AvgIpc) is 2.39. The Hall–Kier alpha value is -0.120. The fraction of sp³-hybridized carbons (Fsp3) is 1.00. The van der Waals surface area contributed by atoms with Gasteiger partial charge in [0.15, 0.2) is 0 Å². The molecule has 2 saturated heterocycles. The topological polar surface area (TPSA) is 9.72 Å². The van der Waals surface area contributed by atoms with E-state index in [1.54, 1.807) is 0 Å². The Morgan fingerprint density at radius 1 is 0.667 bits per heavy atom. The molecule has 3 nitrogen and oxygen atoms in total. The number of hydrogen-bond acceptors (Lipinski definition) is 3. The van der Waals surface area contributed by atoms with E-state index in [2.05, 4.69) is 42.4 Å². The molecule has 106 valence electrons. The molecule has 2 fully saturated rings. The molecule has 0 amide bonds. The van der Waals surface area contributed by atoms with Gasteiger partial charge in [-0.05, 0) is 53.6 Å². The largest absolute Gasteiger partial charge is 0.301 e. The summed E-state index contributed by atoms with van der Waals surface area (Å²) in [5.41, 5.74) is 0. The lowest BCUT2D eigenvalue weighted by Crippen LogP contribution is -2.54. The maximum absolute atomic E-state index is 2.75. The highest BCUT2D eigenvalue weighted by Crippen LogP contribution is 2.20. The first-order valence-electron chi connectivity index (χ1n) is 7.80. The minimum absolute atomic E-state index is 0.718. The van der Waals surface area contributed by atoms with Crippen LogP contribution in [0.2, 0.25) is 0 Å². The Morgan fingerprint density at radius 2 is 1.11 bits per heavy atom. The molecule has 0 bridgehead atoms. The number of piperazine rings is 1. The molecule has 0 aromatic carbocycles. The number of likely N-dealkylation sites (tertiary alicyclic amines) is 1. The van der Waals surface area contributed by atoms with Crippen molar-refractivity contribution in [3.63, 3.8) is 0 Å². The third kappa shape index (κ3) is 3.46. The Kier molecular flexibility index (Phi) is 5.05. The lowest BCUT2D eigenvalue weighted by molar-refractivity contribution is 0.0425. The molecule has 2 rings (SSSR count). The fourth-order valence-corrected chi connectivity index (χ4v) is 3.39. The standard InChI is InChI=1S/C15H31N3/c1-13(2)16-7-5-15(6-8-16)18-11-9-17(10-12-18)14(3)4/h13-15H,5-12H2,1-4H3. The van der Waals surface area contributed by atoms with Crippen molar-refractivity contribution in [2.45, 2.75) is 58.7 Å². The van der Waals surface area contributed by atoms with Gasteiger partial charge in [-0.1, -0.05) is 0 Å². The summed E-state index contributed by atoms with van der Waals surface area (Å²) in [5, 5.41) is 0. The molecule has 0 saturated carbocycles. The zero-order valence-electron chi connectivity index (χ0n) is 12.7. The summed E-state index contributed by atoms with van der Waals surface area (Å²) in [7, 11) is 0. The van der Waals surface area contributed by atoms with Gasteiger partial charge in [-0.3, -0.25) is 9.80 Å². The third-order valence-corrected chi connectivity index (χ3v) is 4.82. The van der Waals surface area contributed by atoms with Crippen molar-refractivity contribution >= 4 is 0 Å². The number of nitrogens with zero attached hydrogens (tertiary/aromatic N) is 3. The van der Waals surface area contributed by atoms with E-state index < -0.39 is 0 Å². The molecule has 3 heteroatoms. The van der Waals surface area contributed by atoms with Crippen LogP contribution in [0, 0.1) is 0 Å². The Labute approximate surface area is 113 Å². The second-order valence-electron chi connectivity index (χ2n) is 6.53. The van der Waals surface area contributed by atoms with E-state index in [0.29, 0.717) is 0 Å². The summed E-state index contributed by atoms with van der Waals surface area (Å²) in [6.45, 7) is 17.0. The number of rotatable bonds is 3. The monoisotopic (exact) mass is 253 g/mol. The summed E-state index contributed by atoms with van der Waals surface area (Å²) in [6.07, 6.45) is 2.75. The van der Waals surface area contributed by atoms with Crippen molar-refractivity contribution < 1.29 is 0 Å². The van der Waals surface area contributed by atoms with Crippen LogP contribution in [0.15, 0.2) is 0 Å². The van der Waals surface area contributed by atoms with Gasteiger partial charge in [-0.25, -0.2) is 0 Å². The molecule has 0 unspecified atom stereocenters. The molecule has 0 radical (unpaired) electrons. The summed E-state index contributed by atoms with van der Waals surface area (Å²) in [4.78, 5) is 7.98. The lowest BCUT2D eigenvalue weighted by atomic mass is 10.0. The predicted octanol–water partition coefficient (Wildman–Crippen LogP) is 1.89. The molecule has 2 heterocycles. The molecule has 2 aliphatic rings. The Bertz CT molecular complexity index is 210. The molecule has 0 spiro atoms. The zero-order chi connectivity index (χ0) is 13.1. The van der Waals surface area contributed by atoms with Crippen molar-refractivity contribution in [3.05, 3.63) is 0 Å². The first-order chi connectivity index (χ1) is 8.58. The second-order valence-corrected chi connectivity index (χ2v) is 6.53. The molecule has 0 N–H and O–H groups in total. The summed E-state index contributed by atoms with van der Waals surface area (Å²) >= 11 is 0. The molecule has 18 heavy (non-hydrogen) atoms. The van der Waals surface area contributed by atoms with Gasteiger partial charge < -0.3 is 4.90 Å². The molecule has 0 aromatic rings. The van der Waals surface area contributed by atoms with Crippen LogP contribution in [0.3, 0.4) is 0 Å². The van der Waals surface area contributed by atoms with Gasteiger partial charge in [-0.15, -0.1) is 0 Å². The lowest BCUT2D eigenvalue weighted by Gasteiger charge is -2.44. The van der Waals surface area contributed by atoms with Crippen molar-refractivity contribution in [3.8, 4) is 0 Å². The van der Waals surface area contributed by atoms with Crippen LogP contribution in [0.1, 0.15) is 40.5 Å². The van der Waals surface area contributed by atoms with Gasteiger partial charge >= 0.3 is 0 Å². The van der Waals surface area contributed by atoms with E-state index in [1.807, 2.05) is 0 Å². The minimum atomic E-state index is 0.718. The van der Waals surface area contributed by atoms with Crippen LogP contribution in [0.5, 0.6) is 0 Å². The van der Waals surface area contributed by atoms with Gasteiger partial charge in [-0.2, -0.15) is 0 Å². The first kappa shape index (κ1) is 14.3. The van der Waals surface area contributed by atoms with Crippen molar-refractivity contribution in [2.24, 2.45) is 0 Å². The van der Waals surface area contributed by atoms with Crippen LogP contribution in [-0.4, -0.2) is 72.1 Å². The summed E-state index contributed by atoms with van der Waals surface area (Å²) < 4.78 is 0. The molecule has 0 aliphatic carbocycles. The highest BCUT2D eigenvalue weighted by molar-refractivity contribution is 4.84. The van der Waals surface area contributed by atoms with Gasteiger partial charge in [0.1, 0.15) is 0 Å². The predicted molar refractivity (Wildman–Crippen MR) is 78.0 cm³/mol. The average molecular weight is 253 g/mol. The van der Waals surface area contributed by atoms with E-state index >= 15 is 0 Å². The second kappa shape index (κ2) is 6.36. The quantitative estimate of drug-likeness (QED) is 0.760. The highest BCUT2D eigenvalue weighted by atomic mass is 15.3. The number of hydrogen-bond donors (Lipinski definition) is 0. The van der Waals surface area contributed by atoms with E-state index in [9.17, 15) is 0 Å². The highest BCUT2D eigenvalue weighted by Gasteiger charge is 2.28. The van der Waals surface area contributed by atoms with Crippen molar-refractivity contribution in [2.75, 3.05) is 39.3 Å². The van der Waals surface area contributed by atoms with E-state index in [4.69, 9.17) is 0 Å². The normalized spacial score (nSPS) is 26.3. The van der Waals surface area contributed by atoms with Gasteiger partial charge in [0.2, 0.25) is 0 Å². The first-order valence-corrected chi connectivity index (χ1v) is 7.80. The minimum Gasteiger partial charge on any atom is -0.301 e. The maximum atomic E-state index is 2.75. The van der Waals surface area contributed by atoms with E-state index in [-0.39, 0.29) is 0 Å². The van der Waals surface area contributed by atoms with Crippen LogP contribution < -0.4 is 0 Å². The number of piperidine rings is 1. The molecular formula is C15H31N3. The molecule has 2 aliphatic heterocycles. The smallest absolute Gasteiger partial charge is 0.0121 e. The Morgan fingerprint density at radius 3 is 1.56 bits per heavy atom. The van der Waals surface area contributed by atoms with Gasteiger partial charge in [0.05, 0.1) is 0 Å². The van der Waals surface area contributed by atoms with Crippen LogP contribution >= 0.6 is 0 Å². The SMILES string of the molecule is CC(C)N1CCC(N2CCN(C(C)C)CC2)CC1. The van der Waals surface area contributed by atoms with Crippen molar-refractivity contribution in [1.29, 1.82) is 0 Å². The fourth-order valence-electron chi connectivity index (χ4n) is 3.39. The summed E-state index contributed by atoms with van der Waals surface area (Å²) in [5.74, 6) is 0. The molecule has 0 atom stereocenters.